The molecular weight excluding hydrogens is 300 g/mol. The van der Waals surface area contributed by atoms with Crippen molar-refractivity contribution in [2.24, 2.45) is 5.41 Å². The Hall–Kier alpha value is -1.56. The van der Waals surface area contributed by atoms with Gasteiger partial charge in [-0.05, 0) is 48.0 Å². The lowest BCUT2D eigenvalue weighted by molar-refractivity contribution is -0.146. The SMILES string of the molecule is CC(C)(CNC(=O)c1ccc(Br)c(N)c1)C(=O)O. The standard InChI is InChI=1S/C12H15BrN2O3/c1-12(2,11(17)18)6-15-10(16)7-3-4-8(13)9(14)5-7/h3-5H,6,14H2,1-2H3,(H,15,16)(H,17,18). The van der Waals surface area contributed by atoms with E-state index in [2.05, 4.69) is 21.2 Å². The zero-order chi connectivity index (χ0) is 13.9. The number of hydrogen-bond donors (Lipinski definition) is 3. The first-order valence-electron chi connectivity index (χ1n) is 5.30. The van der Waals surface area contributed by atoms with Gasteiger partial charge in [0.25, 0.3) is 5.91 Å². The lowest BCUT2D eigenvalue weighted by Gasteiger charge is -2.19. The molecule has 1 rings (SSSR count). The van der Waals surface area contributed by atoms with Gasteiger partial charge in [0.15, 0.2) is 0 Å². The van der Waals surface area contributed by atoms with Crippen molar-refractivity contribution in [2.45, 2.75) is 13.8 Å². The molecule has 0 aliphatic rings. The molecule has 18 heavy (non-hydrogen) atoms. The summed E-state index contributed by atoms with van der Waals surface area (Å²) in [7, 11) is 0. The van der Waals surface area contributed by atoms with Gasteiger partial charge in [-0.3, -0.25) is 9.59 Å². The second-order valence-corrected chi connectivity index (χ2v) is 5.46. The van der Waals surface area contributed by atoms with Crippen LogP contribution in [0.25, 0.3) is 0 Å². The van der Waals surface area contributed by atoms with Crippen molar-refractivity contribution in [1.29, 1.82) is 0 Å². The van der Waals surface area contributed by atoms with E-state index in [1.165, 1.54) is 6.07 Å². The van der Waals surface area contributed by atoms with E-state index in [1.807, 2.05) is 0 Å². The Bertz CT molecular complexity index is 486. The highest BCUT2D eigenvalue weighted by Gasteiger charge is 2.27. The Kier molecular flexibility index (Phi) is 4.34. The van der Waals surface area contributed by atoms with Crippen molar-refractivity contribution in [3.8, 4) is 0 Å². The van der Waals surface area contributed by atoms with Gasteiger partial charge >= 0.3 is 5.97 Å². The Labute approximate surface area is 113 Å². The number of amides is 1. The highest BCUT2D eigenvalue weighted by Crippen LogP contribution is 2.20. The molecule has 0 radical (unpaired) electrons. The van der Waals surface area contributed by atoms with Crippen molar-refractivity contribution < 1.29 is 14.7 Å². The van der Waals surface area contributed by atoms with E-state index in [-0.39, 0.29) is 12.5 Å². The van der Waals surface area contributed by atoms with E-state index >= 15 is 0 Å². The molecule has 0 spiro atoms. The number of halogens is 1. The second kappa shape index (κ2) is 5.39. The summed E-state index contributed by atoms with van der Waals surface area (Å²) in [5.74, 6) is -1.30. The molecule has 0 bridgehead atoms. The van der Waals surface area contributed by atoms with Crippen LogP contribution in [0, 0.1) is 5.41 Å². The fraction of sp³-hybridized carbons (Fsp3) is 0.333. The van der Waals surface area contributed by atoms with E-state index < -0.39 is 11.4 Å². The number of nitrogens with two attached hydrogens (primary N) is 1. The third-order valence-electron chi connectivity index (χ3n) is 2.53. The molecule has 1 aromatic carbocycles. The second-order valence-electron chi connectivity index (χ2n) is 4.61. The summed E-state index contributed by atoms with van der Waals surface area (Å²) in [6, 6.07) is 4.82. The van der Waals surface area contributed by atoms with Crippen LogP contribution in [0.5, 0.6) is 0 Å². The lowest BCUT2D eigenvalue weighted by atomic mass is 9.94. The maximum Gasteiger partial charge on any atom is 0.310 e. The van der Waals surface area contributed by atoms with Gasteiger partial charge < -0.3 is 16.2 Å². The van der Waals surface area contributed by atoms with Gasteiger partial charge in [0, 0.05) is 22.3 Å². The predicted octanol–water partition coefficient (Wildman–Crippen LogP) is 1.87. The molecule has 0 saturated carbocycles. The summed E-state index contributed by atoms with van der Waals surface area (Å²) < 4.78 is 0.713. The number of nitrogens with one attached hydrogen (secondary N) is 1. The van der Waals surface area contributed by atoms with E-state index in [0.29, 0.717) is 15.7 Å². The van der Waals surface area contributed by atoms with Gasteiger partial charge in [-0.15, -0.1) is 0 Å². The topological polar surface area (TPSA) is 92.4 Å². The van der Waals surface area contributed by atoms with E-state index in [4.69, 9.17) is 10.8 Å². The molecule has 0 heterocycles. The van der Waals surface area contributed by atoms with Crippen LogP contribution in [-0.2, 0) is 4.79 Å². The zero-order valence-corrected chi connectivity index (χ0v) is 11.7. The van der Waals surface area contributed by atoms with Crippen LogP contribution in [-0.4, -0.2) is 23.5 Å². The number of carboxylic acids is 1. The first kappa shape index (κ1) is 14.5. The van der Waals surface area contributed by atoms with Crippen LogP contribution in [0.3, 0.4) is 0 Å². The molecule has 5 nitrogen and oxygen atoms in total. The summed E-state index contributed by atoms with van der Waals surface area (Å²) in [4.78, 5) is 22.7. The third kappa shape index (κ3) is 3.46. The summed E-state index contributed by atoms with van der Waals surface area (Å²) in [5, 5.41) is 11.5. The van der Waals surface area contributed by atoms with Crippen molar-refractivity contribution in [3.63, 3.8) is 0 Å². The number of carbonyl (C=O) groups excluding carboxylic acids is 1. The quantitative estimate of drug-likeness (QED) is 0.740. The van der Waals surface area contributed by atoms with Crippen LogP contribution >= 0.6 is 15.9 Å². The van der Waals surface area contributed by atoms with Gasteiger partial charge in [0.05, 0.1) is 5.41 Å². The number of carbonyl (C=O) groups is 2. The lowest BCUT2D eigenvalue weighted by Crippen LogP contribution is -2.38. The van der Waals surface area contributed by atoms with Crippen LogP contribution in [0.1, 0.15) is 24.2 Å². The molecular formula is C12H15BrN2O3. The Morgan fingerprint density at radius 3 is 2.56 bits per heavy atom. The molecule has 1 amide bonds. The molecule has 6 heteroatoms. The Balaban J connectivity index is 2.72. The third-order valence-corrected chi connectivity index (χ3v) is 3.25. The largest absolute Gasteiger partial charge is 0.481 e. The van der Waals surface area contributed by atoms with E-state index in [9.17, 15) is 9.59 Å². The van der Waals surface area contributed by atoms with Crippen LogP contribution < -0.4 is 11.1 Å². The zero-order valence-electron chi connectivity index (χ0n) is 10.2. The first-order valence-corrected chi connectivity index (χ1v) is 6.10. The van der Waals surface area contributed by atoms with Crippen molar-refractivity contribution in [1.82, 2.24) is 5.32 Å². The number of hydrogen-bond acceptors (Lipinski definition) is 3. The molecule has 0 fully saturated rings. The summed E-state index contributed by atoms with van der Waals surface area (Å²) in [5.41, 5.74) is 5.52. The summed E-state index contributed by atoms with van der Waals surface area (Å²) >= 11 is 3.23. The maximum absolute atomic E-state index is 11.8. The molecule has 0 atom stereocenters. The maximum atomic E-state index is 11.8. The molecule has 0 aliphatic heterocycles. The van der Waals surface area contributed by atoms with Gasteiger partial charge in [-0.2, -0.15) is 0 Å². The van der Waals surface area contributed by atoms with Gasteiger partial charge in [0.1, 0.15) is 0 Å². The van der Waals surface area contributed by atoms with Crippen molar-refractivity contribution in [3.05, 3.63) is 28.2 Å². The van der Waals surface area contributed by atoms with Crippen molar-refractivity contribution in [2.75, 3.05) is 12.3 Å². The molecule has 98 valence electrons. The molecule has 0 aromatic heterocycles. The van der Waals surface area contributed by atoms with Crippen LogP contribution in [0.2, 0.25) is 0 Å². The first-order chi connectivity index (χ1) is 8.24. The minimum atomic E-state index is -1.00. The average Bonchev–Trinajstić information content (AvgIpc) is 2.29. The monoisotopic (exact) mass is 314 g/mol. The summed E-state index contributed by atoms with van der Waals surface area (Å²) in [6.45, 7) is 3.15. The Morgan fingerprint density at radius 2 is 2.06 bits per heavy atom. The molecule has 0 unspecified atom stereocenters. The number of carboxylic acid groups (broad SMARTS) is 1. The smallest absolute Gasteiger partial charge is 0.310 e. The fourth-order valence-corrected chi connectivity index (χ4v) is 1.41. The van der Waals surface area contributed by atoms with Gasteiger partial charge in [0.2, 0.25) is 0 Å². The Morgan fingerprint density at radius 1 is 1.44 bits per heavy atom. The summed E-state index contributed by atoms with van der Waals surface area (Å²) in [6.07, 6.45) is 0. The number of anilines is 1. The number of benzene rings is 1. The van der Waals surface area contributed by atoms with Crippen LogP contribution in [0.4, 0.5) is 5.69 Å². The van der Waals surface area contributed by atoms with Crippen molar-refractivity contribution >= 4 is 33.5 Å². The number of nitrogen functional groups attached to an aromatic ring is 1. The van der Waals surface area contributed by atoms with E-state index in [1.54, 1.807) is 26.0 Å². The minimum absolute atomic E-state index is 0.0527. The normalized spacial score (nSPS) is 11.1. The molecule has 0 aliphatic carbocycles. The predicted molar refractivity (Wildman–Crippen MR) is 72.3 cm³/mol. The number of rotatable bonds is 4. The number of aliphatic carboxylic acids is 1. The van der Waals surface area contributed by atoms with Crippen LogP contribution in [0.15, 0.2) is 22.7 Å². The highest BCUT2D eigenvalue weighted by atomic mass is 79.9. The van der Waals surface area contributed by atoms with Gasteiger partial charge in [-0.1, -0.05) is 0 Å². The molecule has 4 N–H and O–H groups in total. The average molecular weight is 315 g/mol. The molecule has 1 aromatic rings. The van der Waals surface area contributed by atoms with E-state index in [0.717, 1.165) is 0 Å². The highest BCUT2D eigenvalue weighted by molar-refractivity contribution is 9.10. The minimum Gasteiger partial charge on any atom is -0.481 e. The fourth-order valence-electron chi connectivity index (χ4n) is 1.16. The molecule has 0 saturated heterocycles. The van der Waals surface area contributed by atoms with Gasteiger partial charge in [-0.25, -0.2) is 0 Å².